The molecule has 0 atom stereocenters. The monoisotopic (exact) mass is 415 g/mol. The number of hydrogen-bond donors (Lipinski definition) is 1. The van der Waals surface area contributed by atoms with Crippen LogP contribution in [-0.2, 0) is 20.4 Å². The normalized spacial score (nSPS) is 11.2. The van der Waals surface area contributed by atoms with Crippen molar-refractivity contribution < 1.29 is 13.2 Å². The molecule has 1 N–H and O–H groups in total. The lowest BCUT2D eigenvalue weighted by Crippen LogP contribution is -2.18. The van der Waals surface area contributed by atoms with Crippen LogP contribution in [0.25, 0.3) is 0 Å². The fourth-order valence-corrected chi connectivity index (χ4v) is 3.71. The van der Waals surface area contributed by atoms with Crippen molar-refractivity contribution in [2.45, 2.75) is 12.2 Å². The zero-order valence-corrected chi connectivity index (χ0v) is 15.3. The minimum Gasteiger partial charge on any atom is -0.326 e. The Labute approximate surface area is 148 Å². The molecule has 0 unspecified atom stereocenters. The molecule has 122 valence electrons. The van der Waals surface area contributed by atoms with E-state index in [9.17, 15) is 13.2 Å². The van der Waals surface area contributed by atoms with Gasteiger partial charge in [-0.3, -0.25) is 4.79 Å². The largest absolute Gasteiger partial charge is 0.326 e. The van der Waals surface area contributed by atoms with E-state index in [1.807, 2.05) is 6.07 Å². The summed E-state index contributed by atoms with van der Waals surface area (Å²) in [5.41, 5.74) is 1.25. The summed E-state index contributed by atoms with van der Waals surface area (Å²) in [5, 5.41) is 3.11. The molecule has 0 fully saturated rings. The second-order valence-corrected chi connectivity index (χ2v) is 8.45. The SMILES string of the molecule is O=C(CCS(=O)(=O)Cc1ccccc1)Nc1ccc(Br)c(Cl)c1. The molecule has 7 heteroatoms. The standard InChI is InChI=1S/C16H15BrClNO3S/c17-14-7-6-13(10-15(14)18)19-16(20)8-9-23(21,22)11-12-4-2-1-3-5-12/h1-7,10H,8-9,11H2,(H,19,20). The number of nitrogens with one attached hydrogen (secondary N) is 1. The van der Waals surface area contributed by atoms with Crippen LogP contribution < -0.4 is 5.32 Å². The van der Waals surface area contributed by atoms with Gasteiger partial charge in [-0.25, -0.2) is 8.42 Å². The molecule has 0 aliphatic rings. The van der Waals surface area contributed by atoms with Crippen LogP contribution in [0.3, 0.4) is 0 Å². The Hall–Kier alpha value is -1.37. The first-order valence-electron chi connectivity index (χ1n) is 6.85. The van der Waals surface area contributed by atoms with Gasteiger partial charge >= 0.3 is 0 Å². The number of sulfone groups is 1. The lowest BCUT2D eigenvalue weighted by atomic mass is 10.2. The van der Waals surface area contributed by atoms with E-state index in [1.165, 1.54) is 0 Å². The summed E-state index contributed by atoms with van der Waals surface area (Å²) in [6, 6.07) is 13.9. The number of halogens is 2. The molecule has 2 aromatic carbocycles. The highest BCUT2D eigenvalue weighted by molar-refractivity contribution is 9.10. The fourth-order valence-electron chi connectivity index (χ4n) is 1.95. The van der Waals surface area contributed by atoms with E-state index in [2.05, 4.69) is 21.2 Å². The first kappa shape index (κ1) is 18.0. The van der Waals surface area contributed by atoms with Crippen LogP contribution in [0.1, 0.15) is 12.0 Å². The van der Waals surface area contributed by atoms with Gasteiger partial charge in [-0.15, -0.1) is 0 Å². The average molecular weight is 417 g/mol. The highest BCUT2D eigenvalue weighted by Gasteiger charge is 2.15. The molecular formula is C16H15BrClNO3S. The molecule has 2 aromatic rings. The molecule has 0 bridgehead atoms. The smallest absolute Gasteiger partial charge is 0.225 e. The summed E-state index contributed by atoms with van der Waals surface area (Å²) < 4.78 is 24.8. The number of carbonyl (C=O) groups is 1. The number of hydrogen-bond acceptors (Lipinski definition) is 3. The Bertz CT molecular complexity index is 794. The van der Waals surface area contributed by atoms with Gasteiger partial charge in [-0.05, 0) is 39.7 Å². The summed E-state index contributed by atoms with van der Waals surface area (Å²) in [7, 11) is -3.33. The van der Waals surface area contributed by atoms with Gasteiger partial charge in [0.1, 0.15) is 0 Å². The number of benzene rings is 2. The van der Waals surface area contributed by atoms with Crippen molar-refractivity contribution in [3.8, 4) is 0 Å². The van der Waals surface area contributed by atoms with E-state index in [-0.39, 0.29) is 23.8 Å². The van der Waals surface area contributed by atoms with Gasteiger partial charge in [-0.1, -0.05) is 41.9 Å². The molecule has 0 aromatic heterocycles. The van der Waals surface area contributed by atoms with Crippen molar-refractivity contribution in [1.29, 1.82) is 0 Å². The Morgan fingerprint density at radius 1 is 1.13 bits per heavy atom. The topological polar surface area (TPSA) is 63.2 Å². The Balaban J connectivity index is 1.89. The average Bonchev–Trinajstić information content (AvgIpc) is 2.50. The molecule has 0 saturated heterocycles. The zero-order valence-electron chi connectivity index (χ0n) is 12.1. The number of amides is 1. The van der Waals surface area contributed by atoms with Gasteiger partial charge in [0.05, 0.1) is 16.5 Å². The van der Waals surface area contributed by atoms with Crippen LogP contribution in [0.2, 0.25) is 5.02 Å². The van der Waals surface area contributed by atoms with Crippen LogP contribution in [0.4, 0.5) is 5.69 Å². The van der Waals surface area contributed by atoms with E-state index in [0.29, 0.717) is 16.3 Å². The third kappa shape index (κ3) is 5.97. The number of anilines is 1. The summed E-state index contributed by atoms with van der Waals surface area (Å²) >= 11 is 9.20. The van der Waals surface area contributed by atoms with E-state index >= 15 is 0 Å². The van der Waals surface area contributed by atoms with E-state index < -0.39 is 9.84 Å². The summed E-state index contributed by atoms with van der Waals surface area (Å²) in [6.45, 7) is 0. The van der Waals surface area contributed by atoms with E-state index in [1.54, 1.807) is 42.5 Å². The highest BCUT2D eigenvalue weighted by Crippen LogP contribution is 2.25. The summed E-state index contributed by atoms with van der Waals surface area (Å²) in [6.07, 6.45) is -0.0944. The molecule has 0 saturated carbocycles. The Morgan fingerprint density at radius 3 is 2.48 bits per heavy atom. The van der Waals surface area contributed by atoms with Crippen molar-refractivity contribution >= 4 is 49.0 Å². The van der Waals surface area contributed by atoms with Crippen molar-refractivity contribution in [2.24, 2.45) is 0 Å². The molecule has 1 amide bonds. The molecule has 0 heterocycles. The molecule has 23 heavy (non-hydrogen) atoms. The molecular weight excluding hydrogens is 402 g/mol. The Kier molecular flexibility index (Phi) is 6.21. The highest BCUT2D eigenvalue weighted by atomic mass is 79.9. The second kappa shape index (κ2) is 7.95. The van der Waals surface area contributed by atoms with Crippen molar-refractivity contribution in [1.82, 2.24) is 0 Å². The molecule has 0 aliphatic heterocycles. The minimum absolute atomic E-state index is 0.0643. The van der Waals surface area contributed by atoms with Crippen molar-refractivity contribution in [3.05, 3.63) is 63.6 Å². The lowest BCUT2D eigenvalue weighted by molar-refractivity contribution is -0.115. The van der Waals surface area contributed by atoms with Crippen LogP contribution >= 0.6 is 27.5 Å². The second-order valence-electron chi connectivity index (χ2n) is 5.00. The van der Waals surface area contributed by atoms with Gasteiger partial charge in [0, 0.05) is 16.6 Å². The third-order valence-electron chi connectivity index (χ3n) is 3.07. The zero-order chi connectivity index (χ0) is 16.9. The maximum atomic E-state index is 12.0. The van der Waals surface area contributed by atoms with E-state index in [0.717, 1.165) is 4.47 Å². The fraction of sp³-hybridized carbons (Fsp3) is 0.188. The maximum Gasteiger partial charge on any atom is 0.225 e. The predicted molar refractivity (Wildman–Crippen MR) is 96.3 cm³/mol. The summed E-state index contributed by atoms with van der Waals surface area (Å²) in [5.74, 6) is -0.622. The molecule has 4 nitrogen and oxygen atoms in total. The van der Waals surface area contributed by atoms with Crippen LogP contribution in [0, 0.1) is 0 Å². The first-order valence-corrected chi connectivity index (χ1v) is 9.84. The summed E-state index contributed by atoms with van der Waals surface area (Å²) in [4.78, 5) is 11.9. The molecule has 0 aliphatic carbocycles. The number of carbonyl (C=O) groups excluding carboxylic acids is 1. The minimum atomic E-state index is -3.33. The quantitative estimate of drug-likeness (QED) is 0.773. The van der Waals surface area contributed by atoms with Gasteiger partial charge in [-0.2, -0.15) is 0 Å². The first-order chi connectivity index (χ1) is 10.9. The van der Waals surface area contributed by atoms with Gasteiger partial charge in [0.25, 0.3) is 0 Å². The van der Waals surface area contributed by atoms with Gasteiger partial charge in [0.2, 0.25) is 5.91 Å². The molecule has 0 radical (unpaired) electrons. The van der Waals surface area contributed by atoms with Crippen molar-refractivity contribution in [2.75, 3.05) is 11.1 Å². The maximum absolute atomic E-state index is 12.0. The molecule has 2 rings (SSSR count). The lowest BCUT2D eigenvalue weighted by Gasteiger charge is -2.07. The Morgan fingerprint density at radius 2 is 1.83 bits per heavy atom. The van der Waals surface area contributed by atoms with Crippen LogP contribution in [-0.4, -0.2) is 20.1 Å². The predicted octanol–water partition coefficient (Wildman–Crippen LogP) is 4.05. The third-order valence-corrected chi connectivity index (χ3v) is 5.90. The van der Waals surface area contributed by atoms with Crippen molar-refractivity contribution in [3.63, 3.8) is 0 Å². The molecule has 0 spiro atoms. The van der Waals surface area contributed by atoms with Crippen LogP contribution in [0.5, 0.6) is 0 Å². The van der Waals surface area contributed by atoms with Gasteiger partial charge in [0.15, 0.2) is 9.84 Å². The van der Waals surface area contributed by atoms with E-state index in [4.69, 9.17) is 11.6 Å². The number of rotatable bonds is 6. The van der Waals surface area contributed by atoms with Gasteiger partial charge < -0.3 is 5.32 Å². The van der Waals surface area contributed by atoms with Crippen LogP contribution in [0.15, 0.2) is 53.0 Å².